The van der Waals surface area contributed by atoms with Gasteiger partial charge in [0, 0.05) is 54.3 Å². The van der Waals surface area contributed by atoms with Crippen molar-refractivity contribution in [1.29, 1.82) is 10.8 Å². The summed E-state index contributed by atoms with van der Waals surface area (Å²) in [6.07, 6.45) is 8.33. The average molecular weight is 441 g/mol. The van der Waals surface area contributed by atoms with Crippen LogP contribution in [0.25, 0.3) is 11.1 Å². The smallest absolute Gasteiger partial charge is 0.0844 e. The highest BCUT2D eigenvalue weighted by Crippen LogP contribution is 2.24. The number of pyridine rings is 1. The number of rotatable bonds is 8. The highest BCUT2D eigenvalue weighted by molar-refractivity contribution is 6.47. The minimum atomic E-state index is 0.153. The predicted octanol–water partition coefficient (Wildman–Crippen LogP) is 4.32. The first-order valence-corrected chi connectivity index (χ1v) is 11.5. The van der Waals surface area contributed by atoms with Crippen LogP contribution in [0.1, 0.15) is 42.4 Å². The van der Waals surface area contributed by atoms with Crippen molar-refractivity contribution < 1.29 is 0 Å². The van der Waals surface area contributed by atoms with Crippen molar-refractivity contribution in [3.05, 3.63) is 83.7 Å². The number of nitrogens with two attached hydrogens (primary N) is 2. The Kier molecular flexibility index (Phi) is 7.27. The number of nitrogens with zero attached hydrogens (tertiary/aromatic N) is 1. The number of nitrogen functional groups attached to an aromatic ring is 1. The lowest BCUT2D eigenvalue weighted by Gasteiger charge is -2.27. The van der Waals surface area contributed by atoms with E-state index in [1.807, 2.05) is 36.4 Å². The number of hydrogen-bond donors (Lipinski definition) is 5. The van der Waals surface area contributed by atoms with Gasteiger partial charge in [0.15, 0.2) is 0 Å². The van der Waals surface area contributed by atoms with Crippen LogP contribution in [0.3, 0.4) is 0 Å². The van der Waals surface area contributed by atoms with E-state index in [2.05, 4.69) is 22.4 Å². The van der Waals surface area contributed by atoms with Crippen molar-refractivity contribution in [3.63, 3.8) is 0 Å². The molecule has 0 radical (unpaired) electrons. The molecule has 1 aromatic heterocycles. The molecule has 1 aliphatic rings. The van der Waals surface area contributed by atoms with E-state index in [-0.39, 0.29) is 11.4 Å². The summed E-state index contributed by atoms with van der Waals surface area (Å²) >= 11 is 0. The topological polar surface area (TPSA) is 125 Å². The second-order valence-electron chi connectivity index (χ2n) is 8.89. The lowest BCUT2D eigenvalue weighted by Crippen LogP contribution is -2.37. The third-order valence-corrected chi connectivity index (χ3v) is 6.36. The van der Waals surface area contributed by atoms with Crippen LogP contribution < -0.4 is 16.8 Å². The standard InChI is InChI=1S/C27H32N6/c28-22-7-9-23(10-8-22)33-16-19-4-1-3-18(13-19)14-26(30)27(31)24-15-20(6-11-25(24)29)21-5-2-12-32-17-21/h1-6,11-13,15,17,22-23,30-31,33H,7-10,14,16,28-29H2. The van der Waals surface area contributed by atoms with Gasteiger partial charge in [0.25, 0.3) is 0 Å². The first-order valence-electron chi connectivity index (χ1n) is 11.5. The minimum Gasteiger partial charge on any atom is -0.398 e. The zero-order valence-electron chi connectivity index (χ0n) is 18.9. The molecule has 6 nitrogen and oxygen atoms in total. The third-order valence-electron chi connectivity index (χ3n) is 6.36. The number of nitrogens with one attached hydrogen (secondary N) is 3. The van der Waals surface area contributed by atoms with Crippen LogP contribution in [0.5, 0.6) is 0 Å². The van der Waals surface area contributed by atoms with Crippen LogP contribution >= 0.6 is 0 Å². The Bertz CT molecular complexity index is 1120. The van der Waals surface area contributed by atoms with Gasteiger partial charge in [-0.15, -0.1) is 0 Å². The van der Waals surface area contributed by atoms with Gasteiger partial charge in [-0.3, -0.25) is 10.4 Å². The molecule has 0 atom stereocenters. The van der Waals surface area contributed by atoms with Crippen LogP contribution in [-0.4, -0.2) is 28.5 Å². The van der Waals surface area contributed by atoms with Gasteiger partial charge in [-0.1, -0.05) is 36.4 Å². The lowest BCUT2D eigenvalue weighted by molar-refractivity contribution is 0.342. The SMILES string of the molecule is N=C(Cc1cccc(CNC2CCC(N)CC2)c1)C(=N)c1cc(-c2cccnc2)ccc1N. The zero-order valence-corrected chi connectivity index (χ0v) is 18.9. The molecule has 0 unspecified atom stereocenters. The molecule has 1 aliphatic carbocycles. The Balaban J connectivity index is 1.41. The molecule has 3 aromatic rings. The molecule has 0 bridgehead atoms. The zero-order chi connectivity index (χ0) is 23.2. The molecule has 170 valence electrons. The fraction of sp³-hybridized carbons (Fsp3) is 0.296. The normalized spacial score (nSPS) is 18.1. The fourth-order valence-electron chi connectivity index (χ4n) is 4.38. The van der Waals surface area contributed by atoms with Gasteiger partial charge >= 0.3 is 0 Å². The van der Waals surface area contributed by atoms with E-state index in [1.165, 1.54) is 5.56 Å². The van der Waals surface area contributed by atoms with Gasteiger partial charge in [-0.2, -0.15) is 0 Å². The van der Waals surface area contributed by atoms with Crippen molar-refractivity contribution in [2.24, 2.45) is 5.73 Å². The molecule has 1 saturated carbocycles. The molecule has 0 aliphatic heterocycles. The Labute approximate surface area is 195 Å². The van der Waals surface area contributed by atoms with Crippen LogP contribution in [0.15, 0.2) is 67.0 Å². The Hall–Kier alpha value is -3.35. The first-order chi connectivity index (χ1) is 16.0. The molecule has 6 heteroatoms. The van der Waals surface area contributed by atoms with Gasteiger partial charge in [0.2, 0.25) is 0 Å². The van der Waals surface area contributed by atoms with Crippen LogP contribution in [0.2, 0.25) is 0 Å². The molecule has 1 heterocycles. The van der Waals surface area contributed by atoms with Gasteiger partial charge in [-0.05, 0) is 60.6 Å². The summed E-state index contributed by atoms with van der Waals surface area (Å²) in [7, 11) is 0. The lowest BCUT2D eigenvalue weighted by atomic mass is 9.91. The van der Waals surface area contributed by atoms with Crippen molar-refractivity contribution in [2.75, 3.05) is 5.73 Å². The molecule has 0 saturated heterocycles. The highest BCUT2D eigenvalue weighted by atomic mass is 14.9. The van der Waals surface area contributed by atoms with E-state index in [1.54, 1.807) is 18.5 Å². The molecular formula is C27H32N6. The minimum absolute atomic E-state index is 0.153. The van der Waals surface area contributed by atoms with E-state index in [9.17, 15) is 0 Å². The first kappa shape index (κ1) is 22.8. The van der Waals surface area contributed by atoms with E-state index in [0.717, 1.165) is 48.9 Å². The summed E-state index contributed by atoms with van der Waals surface area (Å²) in [5.41, 5.74) is 17.8. The summed E-state index contributed by atoms with van der Waals surface area (Å²) in [5, 5.41) is 20.8. The van der Waals surface area contributed by atoms with Crippen molar-refractivity contribution in [3.8, 4) is 11.1 Å². The van der Waals surface area contributed by atoms with Crippen LogP contribution in [-0.2, 0) is 13.0 Å². The predicted molar refractivity (Wildman–Crippen MR) is 136 cm³/mol. The maximum atomic E-state index is 8.63. The van der Waals surface area contributed by atoms with Crippen molar-refractivity contribution in [1.82, 2.24) is 10.3 Å². The average Bonchev–Trinajstić information content (AvgIpc) is 2.84. The number of benzene rings is 2. The molecule has 4 rings (SSSR count). The quantitative estimate of drug-likeness (QED) is 0.264. The molecule has 1 fully saturated rings. The highest BCUT2D eigenvalue weighted by Gasteiger charge is 2.18. The summed E-state index contributed by atoms with van der Waals surface area (Å²) in [4.78, 5) is 4.17. The number of aromatic nitrogens is 1. The van der Waals surface area contributed by atoms with E-state index < -0.39 is 0 Å². The Morgan fingerprint density at radius 1 is 0.939 bits per heavy atom. The van der Waals surface area contributed by atoms with Gasteiger partial charge in [0.05, 0.1) is 11.4 Å². The number of hydrogen-bond acceptors (Lipinski definition) is 6. The van der Waals surface area contributed by atoms with Gasteiger partial charge in [0.1, 0.15) is 0 Å². The van der Waals surface area contributed by atoms with E-state index in [0.29, 0.717) is 29.8 Å². The summed E-state index contributed by atoms with van der Waals surface area (Å²) in [5.74, 6) is 0. The molecule has 2 aromatic carbocycles. The molecule has 33 heavy (non-hydrogen) atoms. The maximum absolute atomic E-state index is 8.63. The molecule has 0 spiro atoms. The Morgan fingerprint density at radius 3 is 2.48 bits per heavy atom. The number of anilines is 1. The van der Waals surface area contributed by atoms with Crippen LogP contribution in [0, 0.1) is 10.8 Å². The molecule has 7 N–H and O–H groups in total. The van der Waals surface area contributed by atoms with Crippen LogP contribution in [0.4, 0.5) is 5.69 Å². The monoisotopic (exact) mass is 440 g/mol. The maximum Gasteiger partial charge on any atom is 0.0844 e. The van der Waals surface area contributed by atoms with Crippen molar-refractivity contribution in [2.45, 2.75) is 50.7 Å². The van der Waals surface area contributed by atoms with E-state index in [4.69, 9.17) is 22.3 Å². The second-order valence-corrected chi connectivity index (χ2v) is 8.89. The van der Waals surface area contributed by atoms with Gasteiger partial charge < -0.3 is 22.2 Å². The molecule has 0 amide bonds. The van der Waals surface area contributed by atoms with Gasteiger partial charge in [-0.25, -0.2) is 0 Å². The van der Waals surface area contributed by atoms with Crippen molar-refractivity contribution >= 4 is 17.1 Å². The largest absolute Gasteiger partial charge is 0.398 e. The summed E-state index contributed by atoms with van der Waals surface area (Å²) in [6, 6.07) is 18.6. The fourth-order valence-corrected chi connectivity index (χ4v) is 4.38. The second kappa shape index (κ2) is 10.5. The Morgan fingerprint density at radius 2 is 1.73 bits per heavy atom. The molecular weight excluding hydrogens is 408 g/mol. The third kappa shape index (κ3) is 5.92. The summed E-state index contributed by atoms with van der Waals surface area (Å²) in [6.45, 7) is 0.804. The van der Waals surface area contributed by atoms with E-state index >= 15 is 0 Å². The summed E-state index contributed by atoms with van der Waals surface area (Å²) < 4.78 is 0.